The predicted octanol–water partition coefficient (Wildman–Crippen LogP) is 1.38. The number of rotatable bonds is 3. The Morgan fingerprint density at radius 1 is 1.48 bits per heavy atom. The zero-order valence-electron chi connectivity index (χ0n) is 12.0. The van der Waals surface area contributed by atoms with Crippen LogP contribution in [-0.2, 0) is 14.2 Å². The van der Waals surface area contributed by atoms with Crippen LogP contribution in [0.1, 0.15) is 26.2 Å². The molecule has 7 nitrogen and oxygen atoms in total. The summed E-state index contributed by atoms with van der Waals surface area (Å²) in [5.74, 6) is 1.74. The first kappa shape index (κ1) is 13.1. The third kappa shape index (κ3) is 2.19. The van der Waals surface area contributed by atoms with Crippen LogP contribution in [0.3, 0.4) is 0 Å². The van der Waals surface area contributed by atoms with Gasteiger partial charge in [0.15, 0.2) is 12.1 Å². The van der Waals surface area contributed by atoms with E-state index in [0.29, 0.717) is 17.7 Å². The Hall–Kier alpha value is -1.63. The lowest BCUT2D eigenvalue weighted by molar-refractivity contribution is -0.0175. The summed E-state index contributed by atoms with van der Waals surface area (Å²) >= 11 is 0. The monoisotopic (exact) mass is 293 g/mol. The maximum absolute atomic E-state index is 11.5. The molecule has 0 N–H and O–H groups in total. The predicted molar refractivity (Wildman–Crippen MR) is 74.0 cm³/mol. The Balaban J connectivity index is 1.56. The highest BCUT2D eigenvalue weighted by atomic mass is 16.7. The van der Waals surface area contributed by atoms with Gasteiger partial charge in [0.1, 0.15) is 0 Å². The zero-order valence-corrected chi connectivity index (χ0v) is 12.0. The van der Waals surface area contributed by atoms with Crippen LogP contribution in [0.2, 0.25) is 0 Å². The molecule has 0 aromatic heterocycles. The normalized spacial score (nSPS) is 37.0. The molecule has 7 heteroatoms. The molecule has 3 aliphatic heterocycles. The molecule has 0 aromatic carbocycles. The van der Waals surface area contributed by atoms with Crippen molar-refractivity contribution < 1.29 is 19.0 Å². The lowest BCUT2D eigenvalue weighted by Crippen LogP contribution is -2.50. The number of nitrogens with zero attached hydrogens (tertiary/aromatic N) is 3. The molecule has 114 valence electrons. The molecule has 1 saturated carbocycles. The number of hydrogen-bond acceptors (Lipinski definition) is 7. The fourth-order valence-corrected chi connectivity index (χ4v) is 3.38. The molecular weight excluding hydrogens is 274 g/mol. The van der Waals surface area contributed by atoms with Gasteiger partial charge in [0.25, 0.3) is 0 Å². The molecule has 1 saturated heterocycles. The first-order valence-electron chi connectivity index (χ1n) is 7.64. The van der Waals surface area contributed by atoms with Gasteiger partial charge in [-0.1, -0.05) is 0 Å². The first-order chi connectivity index (χ1) is 10.3. The van der Waals surface area contributed by atoms with E-state index in [1.165, 1.54) is 12.8 Å². The van der Waals surface area contributed by atoms with Gasteiger partial charge in [-0.15, -0.1) is 0 Å². The maximum atomic E-state index is 11.5. The first-order valence-corrected chi connectivity index (χ1v) is 7.64. The molecule has 4 rings (SSSR count). The number of hydrogen-bond donors (Lipinski definition) is 0. The molecule has 4 atom stereocenters. The number of amidine groups is 1. The summed E-state index contributed by atoms with van der Waals surface area (Å²) in [5, 5.41) is 6.11. The van der Waals surface area contributed by atoms with Crippen molar-refractivity contribution in [1.29, 1.82) is 0 Å². The Kier molecular flexibility index (Phi) is 3.10. The minimum Gasteiger partial charge on any atom is -0.435 e. The van der Waals surface area contributed by atoms with Gasteiger partial charge in [0.2, 0.25) is 6.10 Å². The lowest BCUT2D eigenvalue weighted by Gasteiger charge is -2.36. The van der Waals surface area contributed by atoms with Gasteiger partial charge < -0.3 is 14.2 Å². The summed E-state index contributed by atoms with van der Waals surface area (Å²) in [5.41, 5.74) is 0. The van der Waals surface area contributed by atoms with Crippen LogP contribution in [-0.4, -0.2) is 54.8 Å². The fraction of sp³-hybridized carbons (Fsp3) is 0.786. The number of carbonyl (C=O) groups excluding carboxylic acids is 1. The second kappa shape index (κ2) is 4.98. The standard InChI is InChI=1S/C14H19N3O4/c1-2-19-14(18)21-10-7-15-17-12(10)16-11(8-3-4-8)9-5-6-20-13(9)17/h7-11,13H,2-6H2,1H3. The van der Waals surface area contributed by atoms with E-state index < -0.39 is 12.3 Å². The molecule has 4 aliphatic rings. The summed E-state index contributed by atoms with van der Waals surface area (Å²) in [6.45, 7) is 2.78. The minimum atomic E-state index is -0.684. The Labute approximate surface area is 122 Å². The molecular formula is C14H19N3O4. The smallest absolute Gasteiger partial charge is 0.435 e. The van der Waals surface area contributed by atoms with Crippen LogP contribution < -0.4 is 0 Å². The fourth-order valence-electron chi connectivity index (χ4n) is 3.38. The molecule has 0 aromatic rings. The van der Waals surface area contributed by atoms with Crippen molar-refractivity contribution in [2.24, 2.45) is 21.9 Å². The van der Waals surface area contributed by atoms with Crippen LogP contribution in [0.15, 0.2) is 10.1 Å². The van der Waals surface area contributed by atoms with E-state index in [9.17, 15) is 4.79 Å². The summed E-state index contributed by atoms with van der Waals surface area (Å²) in [7, 11) is 0. The van der Waals surface area contributed by atoms with Crippen LogP contribution in [0.4, 0.5) is 4.79 Å². The Morgan fingerprint density at radius 2 is 2.33 bits per heavy atom. The number of fused-ring (bicyclic) bond motifs is 3. The van der Waals surface area contributed by atoms with Crippen LogP contribution >= 0.6 is 0 Å². The van der Waals surface area contributed by atoms with E-state index in [-0.39, 0.29) is 18.9 Å². The lowest BCUT2D eigenvalue weighted by atomic mass is 9.91. The average Bonchev–Trinajstić information content (AvgIpc) is 3.05. The van der Waals surface area contributed by atoms with Gasteiger partial charge in [0.05, 0.1) is 18.9 Å². The number of hydrazone groups is 1. The highest BCUT2D eigenvalue weighted by Gasteiger charge is 2.51. The Morgan fingerprint density at radius 3 is 3.10 bits per heavy atom. The van der Waals surface area contributed by atoms with Crippen molar-refractivity contribution in [1.82, 2.24) is 5.01 Å². The SMILES string of the molecule is CCOC(=O)OC1C=NN2C1=NC(C1CC1)C1CCOC12. The second-order valence-electron chi connectivity index (χ2n) is 5.86. The molecule has 21 heavy (non-hydrogen) atoms. The average molecular weight is 293 g/mol. The number of aliphatic imine (C=N–C) groups is 1. The van der Waals surface area contributed by atoms with Gasteiger partial charge in [-0.3, -0.25) is 4.99 Å². The molecule has 0 radical (unpaired) electrons. The van der Waals surface area contributed by atoms with Crippen LogP contribution in [0.5, 0.6) is 0 Å². The molecule has 2 fully saturated rings. The van der Waals surface area contributed by atoms with Crippen LogP contribution in [0.25, 0.3) is 0 Å². The third-order valence-electron chi connectivity index (χ3n) is 4.47. The van der Waals surface area contributed by atoms with E-state index in [4.69, 9.17) is 19.2 Å². The van der Waals surface area contributed by atoms with Crippen molar-refractivity contribution in [3.63, 3.8) is 0 Å². The quantitative estimate of drug-likeness (QED) is 0.735. The van der Waals surface area contributed by atoms with Gasteiger partial charge in [-0.25, -0.2) is 9.80 Å². The van der Waals surface area contributed by atoms with Crippen molar-refractivity contribution in [2.75, 3.05) is 13.2 Å². The number of ether oxygens (including phenoxy) is 3. The van der Waals surface area contributed by atoms with Crippen LogP contribution in [0, 0.1) is 11.8 Å². The topological polar surface area (TPSA) is 72.7 Å². The molecule has 1 aliphatic carbocycles. The summed E-state index contributed by atoms with van der Waals surface area (Å²) in [4.78, 5) is 16.4. The summed E-state index contributed by atoms with van der Waals surface area (Å²) in [6.07, 6.45) is 3.78. The van der Waals surface area contributed by atoms with E-state index in [0.717, 1.165) is 13.0 Å². The molecule has 3 heterocycles. The van der Waals surface area contributed by atoms with Gasteiger partial charge in [-0.05, 0) is 32.1 Å². The second-order valence-corrected chi connectivity index (χ2v) is 5.86. The number of carbonyl (C=O) groups is 1. The molecule has 0 bridgehead atoms. The third-order valence-corrected chi connectivity index (χ3v) is 4.47. The van der Waals surface area contributed by atoms with E-state index >= 15 is 0 Å². The highest BCUT2D eigenvalue weighted by Crippen LogP contribution is 2.45. The van der Waals surface area contributed by atoms with E-state index in [2.05, 4.69) is 5.10 Å². The largest absolute Gasteiger partial charge is 0.509 e. The van der Waals surface area contributed by atoms with Crippen molar-refractivity contribution in [3.05, 3.63) is 0 Å². The van der Waals surface area contributed by atoms with E-state index in [1.807, 2.05) is 0 Å². The minimum absolute atomic E-state index is 0.0601. The Bertz CT molecular complexity index is 502. The summed E-state index contributed by atoms with van der Waals surface area (Å²) < 4.78 is 15.9. The van der Waals surface area contributed by atoms with Gasteiger partial charge in [-0.2, -0.15) is 5.10 Å². The van der Waals surface area contributed by atoms with E-state index in [1.54, 1.807) is 18.1 Å². The van der Waals surface area contributed by atoms with Crippen molar-refractivity contribution in [2.45, 2.75) is 44.6 Å². The highest BCUT2D eigenvalue weighted by molar-refractivity contribution is 6.05. The summed E-state index contributed by atoms with van der Waals surface area (Å²) in [6, 6.07) is 0.277. The van der Waals surface area contributed by atoms with Crippen molar-refractivity contribution >= 4 is 18.2 Å². The van der Waals surface area contributed by atoms with Crippen molar-refractivity contribution in [3.8, 4) is 0 Å². The molecule has 0 amide bonds. The van der Waals surface area contributed by atoms with Gasteiger partial charge >= 0.3 is 6.16 Å². The molecule has 0 spiro atoms. The zero-order chi connectivity index (χ0) is 14.4. The van der Waals surface area contributed by atoms with Gasteiger partial charge in [0, 0.05) is 12.5 Å². The molecule has 4 unspecified atom stereocenters. The maximum Gasteiger partial charge on any atom is 0.509 e.